The second-order valence-corrected chi connectivity index (χ2v) is 7.19. The third kappa shape index (κ3) is 4.51. The molecule has 0 bridgehead atoms. The van der Waals surface area contributed by atoms with E-state index in [-0.39, 0.29) is 6.10 Å². The smallest absolute Gasteiger partial charge is 0.211 e. The number of anilines is 2. The zero-order chi connectivity index (χ0) is 17.8. The Morgan fingerprint density at radius 1 is 1.04 bits per heavy atom. The molecule has 3 rings (SSSR count). The third-order valence-electron chi connectivity index (χ3n) is 3.44. The van der Waals surface area contributed by atoms with Crippen LogP contribution in [0.25, 0.3) is 10.7 Å². The van der Waals surface area contributed by atoms with Gasteiger partial charge in [0.1, 0.15) is 17.3 Å². The molecule has 0 saturated carbocycles. The van der Waals surface area contributed by atoms with Gasteiger partial charge in [-0.1, -0.05) is 31.3 Å². The van der Waals surface area contributed by atoms with E-state index in [9.17, 15) is 0 Å². The number of rotatable bonds is 6. The Morgan fingerprint density at radius 3 is 2.56 bits per heavy atom. The van der Waals surface area contributed by atoms with Gasteiger partial charge in [0.05, 0.1) is 6.10 Å². The Kier molecular flexibility index (Phi) is 5.23. The second kappa shape index (κ2) is 7.57. The Bertz CT molecular complexity index is 829. The molecule has 3 aromatic rings. The van der Waals surface area contributed by atoms with Gasteiger partial charge in [-0.15, -0.1) is 10.2 Å². The molecule has 0 aliphatic rings. The molecule has 0 amide bonds. The van der Waals surface area contributed by atoms with Crippen LogP contribution in [0, 0.1) is 0 Å². The summed E-state index contributed by atoms with van der Waals surface area (Å²) in [7, 11) is 0. The van der Waals surface area contributed by atoms with Crippen molar-refractivity contribution in [1.29, 1.82) is 0 Å². The summed E-state index contributed by atoms with van der Waals surface area (Å²) in [6.45, 7) is 8.27. The molecule has 7 heteroatoms. The van der Waals surface area contributed by atoms with Gasteiger partial charge in [-0.05, 0) is 37.5 Å². The Balaban J connectivity index is 1.74. The molecule has 25 heavy (non-hydrogen) atoms. The molecule has 0 saturated heterocycles. The van der Waals surface area contributed by atoms with E-state index in [2.05, 4.69) is 45.4 Å². The average Bonchev–Trinajstić information content (AvgIpc) is 3.03. The van der Waals surface area contributed by atoms with Crippen molar-refractivity contribution in [2.24, 2.45) is 0 Å². The van der Waals surface area contributed by atoms with Gasteiger partial charge >= 0.3 is 0 Å². The van der Waals surface area contributed by atoms with Crippen molar-refractivity contribution in [1.82, 2.24) is 20.2 Å². The average molecular weight is 355 g/mol. The van der Waals surface area contributed by atoms with Crippen molar-refractivity contribution in [2.75, 3.05) is 5.32 Å². The maximum atomic E-state index is 5.70. The normalized spacial score (nSPS) is 11.1. The topological polar surface area (TPSA) is 72.8 Å². The zero-order valence-electron chi connectivity index (χ0n) is 14.7. The first-order chi connectivity index (χ1) is 12.0. The molecule has 6 nitrogen and oxygen atoms in total. The van der Waals surface area contributed by atoms with Crippen molar-refractivity contribution in [3.8, 4) is 16.5 Å². The summed E-state index contributed by atoms with van der Waals surface area (Å²) in [6.07, 6.45) is 3.71. The van der Waals surface area contributed by atoms with Crippen LogP contribution in [0.3, 0.4) is 0 Å². The van der Waals surface area contributed by atoms with Crippen LogP contribution in [0.5, 0.6) is 5.75 Å². The van der Waals surface area contributed by atoms with Crippen molar-refractivity contribution >= 4 is 22.3 Å². The van der Waals surface area contributed by atoms with Crippen LogP contribution in [0.15, 0.2) is 36.7 Å². The molecule has 0 aliphatic heterocycles. The van der Waals surface area contributed by atoms with Crippen LogP contribution in [-0.2, 0) is 0 Å². The molecule has 0 aromatic carbocycles. The summed E-state index contributed by atoms with van der Waals surface area (Å²) >= 11 is 1.43. The summed E-state index contributed by atoms with van der Waals surface area (Å²) < 4.78 is 5.70. The molecule has 1 N–H and O–H groups in total. The zero-order valence-corrected chi connectivity index (χ0v) is 15.5. The number of ether oxygens (including phenoxy) is 1. The van der Waals surface area contributed by atoms with Crippen LogP contribution in [-0.4, -0.2) is 26.3 Å². The van der Waals surface area contributed by atoms with E-state index in [0.717, 1.165) is 22.3 Å². The van der Waals surface area contributed by atoms with Crippen LogP contribution in [0.4, 0.5) is 10.9 Å². The van der Waals surface area contributed by atoms with Crippen LogP contribution in [0.1, 0.15) is 39.2 Å². The minimum Gasteiger partial charge on any atom is -0.491 e. The SMILES string of the molecule is CC(C)Oc1ccnc(-c2nnc(Nc3ccc(C(C)C)cn3)s2)c1. The van der Waals surface area contributed by atoms with Gasteiger partial charge in [0.25, 0.3) is 0 Å². The monoisotopic (exact) mass is 355 g/mol. The van der Waals surface area contributed by atoms with E-state index in [1.807, 2.05) is 38.2 Å². The first-order valence-corrected chi connectivity index (χ1v) is 9.02. The largest absolute Gasteiger partial charge is 0.491 e. The summed E-state index contributed by atoms with van der Waals surface area (Å²) in [5.74, 6) is 1.98. The Hall–Kier alpha value is -2.54. The highest BCUT2D eigenvalue weighted by atomic mass is 32.1. The first kappa shape index (κ1) is 17.3. The maximum Gasteiger partial charge on any atom is 0.211 e. The Morgan fingerprint density at radius 2 is 1.88 bits per heavy atom. The van der Waals surface area contributed by atoms with Crippen molar-refractivity contribution in [3.05, 3.63) is 42.2 Å². The highest BCUT2D eigenvalue weighted by molar-refractivity contribution is 7.18. The van der Waals surface area contributed by atoms with E-state index in [1.54, 1.807) is 6.20 Å². The maximum absolute atomic E-state index is 5.70. The number of aromatic nitrogens is 4. The molecule has 0 aliphatic carbocycles. The van der Waals surface area contributed by atoms with Crippen LogP contribution < -0.4 is 10.1 Å². The summed E-state index contributed by atoms with van der Waals surface area (Å²) in [6, 6.07) is 7.73. The molecule has 0 atom stereocenters. The lowest BCUT2D eigenvalue weighted by molar-refractivity contribution is 0.242. The van der Waals surface area contributed by atoms with Crippen LogP contribution in [0.2, 0.25) is 0 Å². The van der Waals surface area contributed by atoms with Gasteiger partial charge in [0, 0.05) is 18.5 Å². The van der Waals surface area contributed by atoms with Gasteiger partial charge in [0.15, 0.2) is 5.01 Å². The molecule has 0 unspecified atom stereocenters. The number of nitrogens with zero attached hydrogens (tertiary/aromatic N) is 4. The van der Waals surface area contributed by atoms with E-state index < -0.39 is 0 Å². The first-order valence-electron chi connectivity index (χ1n) is 8.21. The molecular formula is C18H21N5OS. The quantitative estimate of drug-likeness (QED) is 0.694. The lowest BCUT2D eigenvalue weighted by Crippen LogP contribution is -2.05. The van der Waals surface area contributed by atoms with E-state index in [1.165, 1.54) is 16.9 Å². The predicted octanol–water partition coefficient (Wildman–Crippen LogP) is 4.65. The number of pyridine rings is 2. The number of hydrogen-bond acceptors (Lipinski definition) is 7. The van der Waals surface area contributed by atoms with Crippen LogP contribution >= 0.6 is 11.3 Å². The highest BCUT2D eigenvalue weighted by Gasteiger charge is 2.10. The third-order valence-corrected chi connectivity index (χ3v) is 4.30. The fourth-order valence-corrected chi connectivity index (χ4v) is 2.90. The lowest BCUT2D eigenvalue weighted by Gasteiger charge is -2.09. The molecule has 0 fully saturated rings. The summed E-state index contributed by atoms with van der Waals surface area (Å²) in [5.41, 5.74) is 1.95. The highest BCUT2D eigenvalue weighted by Crippen LogP contribution is 2.28. The fourth-order valence-electron chi connectivity index (χ4n) is 2.18. The molecular weight excluding hydrogens is 334 g/mol. The minimum atomic E-state index is 0.113. The van der Waals surface area contributed by atoms with E-state index in [4.69, 9.17) is 4.74 Å². The van der Waals surface area contributed by atoms with Crippen molar-refractivity contribution in [3.63, 3.8) is 0 Å². The molecule has 0 radical (unpaired) electrons. The summed E-state index contributed by atoms with van der Waals surface area (Å²) in [5, 5.41) is 13.0. The minimum absolute atomic E-state index is 0.113. The van der Waals surface area contributed by atoms with Gasteiger partial charge < -0.3 is 10.1 Å². The van der Waals surface area contributed by atoms with Gasteiger partial charge in [-0.25, -0.2) is 4.98 Å². The van der Waals surface area contributed by atoms with E-state index >= 15 is 0 Å². The van der Waals surface area contributed by atoms with Gasteiger partial charge in [0.2, 0.25) is 5.13 Å². The predicted molar refractivity (Wildman–Crippen MR) is 101 cm³/mol. The Labute approximate surface area is 151 Å². The van der Waals surface area contributed by atoms with Crippen molar-refractivity contribution in [2.45, 2.75) is 39.7 Å². The second-order valence-electron chi connectivity index (χ2n) is 6.21. The van der Waals surface area contributed by atoms with E-state index in [0.29, 0.717) is 11.0 Å². The number of nitrogens with one attached hydrogen (secondary N) is 1. The molecule has 130 valence electrons. The molecule has 3 heterocycles. The van der Waals surface area contributed by atoms with Crippen molar-refractivity contribution < 1.29 is 4.74 Å². The molecule has 0 spiro atoms. The standard InChI is InChI=1S/C18H21N5OS/c1-11(2)13-5-6-16(20-10-13)21-18-23-22-17(25-18)15-9-14(7-8-19-15)24-12(3)4/h5-12H,1-4H3,(H,20,21,23). The molecule has 3 aromatic heterocycles. The number of hydrogen-bond donors (Lipinski definition) is 1. The lowest BCUT2D eigenvalue weighted by atomic mass is 10.1. The summed E-state index contributed by atoms with van der Waals surface area (Å²) in [4.78, 5) is 8.77. The van der Waals surface area contributed by atoms with Gasteiger partial charge in [-0.2, -0.15) is 0 Å². The fraction of sp³-hybridized carbons (Fsp3) is 0.333. The van der Waals surface area contributed by atoms with Gasteiger partial charge in [-0.3, -0.25) is 4.98 Å².